The van der Waals surface area contributed by atoms with Crippen LogP contribution in [0.25, 0.3) is 5.57 Å². The second-order valence-corrected chi connectivity index (χ2v) is 13.4. The number of nitrogens with one attached hydrogen (secondary N) is 1. The Labute approximate surface area is 273 Å². The molecule has 4 aliphatic rings. The van der Waals surface area contributed by atoms with E-state index in [0.29, 0.717) is 37.7 Å². The minimum atomic E-state index is -1.16. The molecule has 1 saturated carbocycles. The third-order valence-corrected chi connectivity index (χ3v) is 10.4. The van der Waals surface area contributed by atoms with Crippen molar-refractivity contribution < 1.29 is 29.0 Å². The standard InChI is InChI=1S/C39H49NO6/c1-4-29(31-14-10-7-11-15-31)22-30(5-2)36(43)38-18-16-28(17-19-38)20-32(35(42)34(40-38)24-45-3)23-33(21-27-12-8-6-9-13-27)37(44)39(25-41)26-46-39/h5-15,22,28,32-34,40-41H,4,16-21,23-26H2,1-3H3/b29-22+,30-5+/t28?,32?,33?,34-,38?,39?/m0/s1. The molecule has 3 aliphatic heterocycles. The Bertz CT molecular complexity index is 1420. The van der Waals surface area contributed by atoms with Crippen molar-refractivity contribution in [2.75, 3.05) is 26.9 Å². The highest BCUT2D eigenvalue weighted by Crippen LogP contribution is 2.42. The number of carbonyl (C=O) groups is 3. The van der Waals surface area contributed by atoms with E-state index in [4.69, 9.17) is 9.47 Å². The molecule has 0 amide bonds. The van der Waals surface area contributed by atoms with Crippen LogP contribution in [0, 0.1) is 17.8 Å². The van der Waals surface area contributed by atoms with Crippen molar-refractivity contribution in [2.45, 2.75) is 82.4 Å². The summed E-state index contributed by atoms with van der Waals surface area (Å²) in [5.41, 5.74) is 1.81. The minimum Gasteiger partial charge on any atom is -0.393 e. The highest BCUT2D eigenvalue weighted by Gasteiger charge is 2.54. The molecule has 3 saturated heterocycles. The number of benzene rings is 2. The van der Waals surface area contributed by atoms with Crippen molar-refractivity contribution in [3.8, 4) is 0 Å². The third kappa shape index (κ3) is 7.49. The summed E-state index contributed by atoms with van der Waals surface area (Å²) in [7, 11) is 1.58. The van der Waals surface area contributed by atoms with Gasteiger partial charge in [-0.3, -0.25) is 19.7 Å². The van der Waals surface area contributed by atoms with Gasteiger partial charge in [0.05, 0.1) is 31.4 Å². The number of hydrogen-bond donors (Lipinski definition) is 2. The van der Waals surface area contributed by atoms with E-state index >= 15 is 0 Å². The number of Topliss-reactive ketones (excluding diaryl/α,β-unsaturated/α-hetero) is 3. The van der Waals surface area contributed by atoms with Gasteiger partial charge in [-0.15, -0.1) is 0 Å². The van der Waals surface area contributed by atoms with Gasteiger partial charge in [0.15, 0.2) is 23.0 Å². The number of aliphatic hydroxyl groups excluding tert-OH is 1. The fourth-order valence-electron chi connectivity index (χ4n) is 7.64. The fraction of sp³-hybridized carbons (Fsp3) is 0.513. The quantitative estimate of drug-likeness (QED) is 0.157. The monoisotopic (exact) mass is 627 g/mol. The smallest absolute Gasteiger partial charge is 0.182 e. The molecule has 46 heavy (non-hydrogen) atoms. The predicted octanol–water partition coefficient (Wildman–Crippen LogP) is 5.70. The summed E-state index contributed by atoms with van der Waals surface area (Å²) in [4.78, 5) is 42.8. The van der Waals surface area contributed by atoms with Gasteiger partial charge in [0, 0.05) is 24.5 Å². The predicted molar refractivity (Wildman–Crippen MR) is 179 cm³/mol. The second kappa shape index (κ2) is 15.1. The van der Waals surface area contributed by atoms with E-state index in [1.54, 1.807) is 7.11 Å². The molecule has 246 valence electrons. The molecule has 7 nitrogen and oxygen atoms in total. The summed E-state index contributed by atoms with van der Waals surface area (Å²) in [6.07, 6.45) is 9.13. The fourth-order valence-corrected chi connectivity index (χ4v) is 7.64. The lowest BCUT2D eigenvalue weighted by molar-refractivity contribution is -0.132. The molecule has 2 bridgehead atoms. The van der Waals surface area contributed by atoms with Gasteiger partial charge in [0.25, 0.3) is 0 Å². The number of ketones is 3. The van der Waals surface area contributed by atoms with Crippen molar-refractivity contribution >= 4 is 22.9 Å². The number of hydrogen-bond acceptors (Lipinski definition) is 7. The lowest BCUT2D eigenvalue weighted by Crippen LogP contribution is -2.60. The van der Waals surface area contributed by atoms with Gasteiger partial charge in [-0.1, -0.05) is 73.7 Å². The number of allylic oxidation sites excluding steroid dienone is 3. The van der Waals surface area contributed by atoms with Crippen LogP contribution in [0.5, 0.6) is 0 Å². The van der Waals surface area contributed by atoms with Crippen LogP contribution in [0.1, 0.15) is 69.9 Å². The number of rotatable bonds is 14. The molecule has 0 radical (unpaired) electrons. The molecule has 4 atom stereocenters. The molecule has 3 unspecified atom stereocenters. The number of epoxide rings is 1. The summed E-state index contributed by atoms with van der Waals surface area (Å²) in [5.74, 6) is -0.712. The maximum atomic E-state index is 14.5. The second-order valence-electron chi connectivity index (χ2n) is 13.4. The van der Waals surface area contributed by atoms with E-state index in [9.17, 15) is 19.5 Å². The van der Waals surface area contributed by atoms with E-state index in [2.05, 4.69) is 24.4 Å². The molecule has 6 rings (SSSR count). The lowest BCUT2D eigenvalue weighted by atomic mass is 9.70. The van der Waals surface area contributed by atoms with Crippen LogP contribution < -0.4 is 5.32 Å². The van der Waals surface area contributed by atoms with Crippen molar-refractivity contribution in [3.63, 3.8) is 0 Å². The largest absolute Gasteiger partial charge is 0.393 e. The summed E-state index contributed by atoms with van der Waals surface area (Å²) in [5, 5.41) is 13.6. The van der Waals surface area contributed by atoms with Crippen LogP contribution in [0.3, 0.4) is 0 Å². The zero-order valence-electron chi connectivity index (χ0n) is 27.5. The zero-order chi connectivity index (χ0) is 32.7. The topological polar surface area (TPSA) is 105 Å². The van der Waals surface area contributed by atoms with E-state index < -0.39 is 23.1 Å². The van der Waals surface area contributed by atoms with Crippen LogP contribution >= 0.6 is 0 Å². The summed E-state index contributed by atoms with van der Waals surface area (Å²) in [6.45, 7) is 3.99. The van der Waals surface area contributed by atoms with Gasteiger partial charge < -0.3 is 14.6 Å². The number of carbonyl (C=O) groups excluding carboxylic acids is 3. The van der Waals surface area contributed by atoms with Crippen LogP contribution in [-0.4, -0.2) is 66.6 Å². The first kappa shape index (κ1) is 34.1. The highest BCUT2D eigenvalue weighted by molar-refractivity contribution is 6.06. The Morgan fingerprint density at radius 1 is 1.09 bits per heavy atom. The van der Waals surface area contributed by atoms with Crippen LogP contribution in [0.2, 0.25) is 0 Å². The molecule has 0 spiro atoms. The molecule has 0 aromatic heterocycles. The Hall–Kier alpha value is -3.23. The van der Waals surface area contributed by atoms with Gasteiger partial charge in [0.1, 0.15) is 0 Å². The first-order chi connectivity index (χ1) is 22.3. The van der Waals surface area contributed by atoms with Crippen molar-refractivity contribution in [1.29, 1.82) is 0 Å². The molecule has 4 fully saturated rings. The van der Waals surface area contributed by atoms with Crippen LogP contribution in [-0.2, 0) is 30.3 Å². The maximum Gasteiger partial charge on any atom is 0.182 e. The molecule has 2 aromatic carbocycles. The normalized spacial score (nSPS) is 29.0. The Kier molecular flexibility index (Phi) is 11.2. The van der Waals surface area contributed by atoms with Gasteiger partial charge >= 0.3 is 0 Å². The average Bonchev–Trinajstić information content (AvgIpc) is 3.89. The number of aliphatic hydroxyl groups is 1. The Morgan fingerprint density at radius 3 is 2.30 bits per heavy atom. The Morgan fingerprint density at radius 2 is 1.74 bits per heavy atom. The van der Waals surface area contributed by atoms with Gasteiger partial charge in [-0.25, -0.2) is 0 Å². The van der Waals surface area contributed by atoms with Crippen molar-refractivity contribution in [3.05, 3.63) is 89.5 Å². The van der Waals surface area contributed by atoms with E-state index in [0.717, 1.165) is 36.0 Å². The first-order valence-corrected chi connectivity index (χ1v) is 16.9. The maximum absolute atomic E-state index is 14.5. The summed E-state index contributed by atoms with van der Waals surface area (Å²) in [6, 6.07) is 19.3. The lowest BCUT2D eigenvalue weighted by Gasteiger charge is -2.40. The molecule has 1 aliphatic carbocycles. The van der Waals surface area contributed by atoms with Crippen LogP contribution in [0.15, 0.2) is 78.4 Å². The number of ether oxygens (including phenoxy) is 2. The minimum absolute atomic E-state index is 0.00967. The van der Waals surface area contributed by atoms with E-state index in [1.807, 2.05) is 67.6 Å². The molecule has 2 aromatic rings. The van der Waals surface area contributed by atoms with Gasteiger partial charge in [-0.05, 0) is 87.0 Å². The number of methoxy groups -OCH3 is 1. The molecular formula is C39H49NO6. The number of fused-ring (bicyclic) bond motifs is 6. The average molecular weight is 628 g/mol. The molecule has 7 heteroatoms. The van der Waals surface area contributed by atoms with E-state index in [1.165, 1.54) is 0 Å². The highest BCUT2D eigenvalue weighted by atomic mass is 16.6. The summed E-state index contributed by atoms with van der Waals surface area (Å²) < 4.78 is 11.1. The zero-order valence-corrected chi connectivity index (χ0v) is 27.5. The molecule has 2 N–H and O–H groups in total. The summed E-state index contributed by atoms with van der Waals surface area (Å²) >= 11 is 0. The van der Waals surface area contributed by atoms with Gasteiger partial charge in [0.2, 0.25) is 0 Å². The SMILES string of the molecule is C/C=C(\C=C(/CC)c1ccccc1)C(=O)C12CCC(CC1)CC(CC(Cc1ccccc1)C(=O)C1(CO)CO1)C(=O)[C@H](COC)N2. The third-order valence-electron chi connectivity index (χ3n) is 10.4. The molecule has 3 heterocycles. The van der Waals surface area contributed by atoms with E-state index in [-0.39, 0.29) is 49.0 Å². The van der Waals surface area contributed by atoms with Crippen molar-refractivity contribution in [1.82, 2.24) is 5.32 Å². The Balaban J connectivity index is 1.43. The van der Waals surface area contributed by atoms with Crippen LogP contribution in [0.4, 0.5) is 0 Å². The first-order valence-electron chi connectivity index (χ1n) is 16.9. The van der Waals surface area contributed by atoms with Crippen molar-refractivity contribution in [2.24, 2.45) is 17.8 Å². The van der Waals surface area contributed by atoms with Gasteiger partial charge in [-0.2, -0.15) is 0 Å². The molecular weight excluding hydrogens is 578 g/mol.